The second kappa shape index (κ2) is 7.71. The molecule has 0 saturated heterocycles. The maximum Gasteiger partial charge on any atom is 0.227 e. The lowest BCUT2D eigenvalue weighted by Gasteiger charge is -2.14. The van der Waals surface area contributed by atoms with E-state index in [0.29, 0.717) is 16.5 Å². The van der Waals surface area contributed by atoms with Crippen LogP contribution in [0.1, 0.15) is 39.6 Å². The molecule has 1 aromatic carbocycles. The summed E-state index contributed by atoms with van der Waals surface area (Å²) in [6.07, 6.45) is 3.50. The third-order valence-electron chi connectivity index (χ3n) is 4.48. The summed E-state index contributed by atoms with van der Waals surface area (Å²) in [5, 5.41) is 2.67. The highest BCUT2D eigenvalue weighted by Gasteiger charge is 2.19. The number of imidazole rings is 1. The lowest BCUT2D eigenvalue weighted by Crippen LogP contribution is -2.13. The maximum absolute atomic E-state index is 12.2. The average molecular weight is 400 g/mol. The summed E-state index contributed by atoms with van der Waals surface area (Å²) in [5.41, 5.74) is 2.41. The van der Waals surface area contributed by atoms with E-state index >= 15 is 0 Å². The van der Waals surface area contributed by atoms with Crippen LogP contribution in [0.15, 0.2) is 47.6 Å². The number of aryl methyl sites for hydroxylation is 1. The molecule has 2 heterocycles. The minimum absolute atomic E-state index is 0.263. The van der Waals surface area contributed by atoms with Gasteiger partial charge in [-0.25, -0.2) is 23.4 Å². The van der Waals surface area contributed by atoms with Gasteiger partial charge >= 0.3 is 0 Å². The minimum Gasteiger partial charge on any atom is -0.324 e. The van der Waals surface area contributed by atoms with E-state index in [4.69, 9.17) is 0 Å². The molecular weight excluding hydrogens is 374 g/mol. The molecule has 2 aromatic heterocycles. The molecule has 3 rings (SSSR count). The predicted octanol–water partition coefficient (Wildman–Crippen LogP) is 4.16. The number of aromatic nitrogens is 4. The number of hydrogen-bond donors (Lipinski definition) is 1. The van der Waals surface area contributed by atoms with E-state index in [2.05, 4.69) is 38.7 Å². The average Bonchev–Trinajstić information content (AvgIpc) is 3.04. The first-order valence-electron chi connectivity index (χ1n) is 9.18. The lowest BCUT2D eigenvalue weighted by molar-refractivity contribution is 0.587. The Labute approximate surface area is 165 Å². The molecule has 0 aliphatic carbocycles. The molecule has 0 amide bonds. The zero-order valence-electron chi connectivity index (χ0n) is 16.7. The van der Waals surface area contributed by atoms with Crippen molar-refractivity contribution in [1.29, 1.82) is 0 Å². The van der Waals surface area contributed by atoms with Crippen LogP contribution in [-0.4, -0.2) is 33.2 Å². The highest BCUT2D eigenvalue weighted by molar-refractivity contribution is 7.92. The molecule has 0 radical (unpaired) electrons. The maximum atomic E-state index is 12.2. The quantitative estimate of drug-likeness (QED) is 0.669. The van der Waals surface area contributed by atoms with Crippen molar-refractivity contribution >= 4 is 21.5 Å². The van der Waals surface area contributed by atoms with Gasteiger partial charge in [0.05, 0.1) is 27.7 Å². The molecule has 0 fully saturated rings. The normalized spacial score (nSPS) is 12.0. The molecule has 0 spiro atoms. The summed E-state index contributed by atoms with van der Waals surface area (Å²) in [6.45, 7) is 9.52. The zero-order valence-corrected chi connectivity index (χ0v) is 17.5. The molecule has 0 aliphatic heterocycles. The van der Waals surface area contributed by atoms with Crippen LogP contribution in [0, 0.1) is 6.92 Å². The van der Waals surface area contributed by atoms with Crippen molar-refractivity contribution in [2.24, 2.45) is 0 Å². The smallest absolute Gasteiger partial charge is 0.227 e. The Bertz CT molecular complexity index is 1070. The van der Waals surface area contributed by atoms with Gasteiger partial charge in [-0.1, -0.05) is 0 Å². The van der Waals surface area contributed by atoms with Crippen LogP contribution < -0.4 is 5.32 Å². The van der Waals surface area contributed by atoms with E-state index in [-0.39, 0.29) is 6.04 Å². The number of anilines is 2. The van der Waals surface area contributed by atoms with Gasteiger partial charge in [-0.3, -0.25) is 0 Å². The second-order valence-corrected chi connectivity index (χ2v) is 9.67. The number of sulfone groups is 1. The van der Waals surface area contributed by atoms with Crippen LogP contribution in [0.5, 0.6) is 0 Å². The second-order valence-electron chi connectivity index (χ2n) is 7.16. The van der Waals surface area contributed by atoms with Crippen molar-refractivity contribution in [3.8, 4) is 11.4 Å². The van der Waals surface area contributed by atoms with Crippen LogP contribution in [0.3, 0.4) is 0 Å². The van der Waals surface area contributed by atoms with Gasteiger partial charge in [0, 0.05) is 17.9 Å². The van der Waals surface area contributed by atoms with Crippen LogP contribution in [-0.2, 0) is 9.84 Å². The van der Waals surface area contributed by atoms with E-state index in [0.717, 1.165) is 17.2 Å². The molecule has 28 heavy (non-hydrogen) atoms. The van der Waals surface area contributed by atoms with Crippen LogP contribution in [0.25, 0.3) is 11.4 Å². The Morgan fingerprint density at radius 2 is 1.68 bits per heavy atom. The largest absolute Gasteiger partial charge is 0.324 e. The fraction of sp³-hybridized carbons (Fsp3) is 0.350. The summed E-state index contributed by atoms with van der Waals surface area (Å²) >= 11 is 0. The van der Waals surface area contributed by atoms with Crippen molar-refractivity contribution in [2.75, 3.05) is 5.32 Å². The molecule has 0 saturated carbocycles. The summed E-state index contributed by atoms with van der Waals surface area (Å²) in [6, 6.07) is 8.73. The SMILES string of the molecule is Cc1ncc(-c2ccnc(Nc3ccc(S(=O)(=O)C(C)C)cc3)n2)n1C(C)C. The van der Waals surface area contributed by atoms with Crippen molar-refractivity contribution in [3.63, 3.8) is 0 Å². The molecular formula is C20H25N5O2S. The molecule has 0 aliphatic rings. The molecule has 1 N–H and O–H groups in total. The highest BCUT2D eigenvalue weighted by Crippen LogP contribution is 2.25. The Balaban J connectivity index is 1.86. The molecule has 3 aromatic rings. The third kappa shape index (κ3) is 3.91. The van der Waals surface area contributed by atoms with Crippen molar-refractivity contribution in [2.45, 2.75) is 50.8 Å². The fourth-order valence-corrected chi connectivity index (χ4v) is 4.05. The predicted molar refractivity (Wildman–Crippen MR) is 110 cm³/mol. The van der Waals surface area contributed by atoms with Gasteiger partial charge in [0.15, 0.2) is 9.84 Å². The van der Waals surface area contributed by atoms with E-state index in [1.54, 1.807) is 44.3 Å². The lowest BCUT2D eigenvalue weighted by atomic mass is 10.2. The van der Waals surface area contributed by atoms with Crippen LogP contribution in [0.2, 0.25) is 0 Å². The summed E-state index contributed by atoms with van der Waals surface area (Å²) < 4.78 is 26.6. The summed E-state index contributed by atoms with van der Waals surface area (Å²) in [7, 11) is -3.29. The Morgan fingerprint density at radius 1 is 1.00 bits per heavy atom. The zero-order chi connectivity index (χ0) is 20.5. The van der Waals surface area contributed by atoms with E-state index in [1.165, 1.54) is 0 Å². The summed E-state index contributed by atoms with van der Waals surface area (Å²) in [4.78, 5) is 13.6. The van der Waals surface area contributed by atoms with Gasteiger partial charge in [-0.2, -0.15) is 0 Å². The van der Waals surface area contributed by atoms with E-state index < -0.39 is 15.1 Å². The number of nitrogens with zero attached hydrogens (tertiary/aromatic N) is 4. The summed E-state index contributed by atoms with van der Waals surface area (Å²) in [5.74, 6) is 1.37. The van der Waals surface area contributed by atoms with Gasteiger partial charge < -0.3 is 9.88 Å². The van der Waals surface area contributed by atoms with E-state index in [9.17, 15) is 8.42 Å². The van der Waals surface area contributed by atoms with Crippen LogP contribution >= 0.6 is 0 Å². The van der Waals surface area contributed by atoms with Gasteiger partial charge in [0.2, 0.25) is 5.95 Å². The number of rotatable bonds is 6. The van der Waals surface area contributed by atoms with Crippen molar-refractivity contribution in [1.82, 2.24) is 19.5 Å². The number of hydrogen-bond acceptors (Lipinski definition) is 6. The first-order valence-corrected chi connectivity index (χ1v) is 10.7. The monoisotopic (exact) mass is 399 g/mol. The first kappa shape index (κ1) is 20.0. The van der Waals surface area contributed by atoms with Gasteiger partial charge in [0.1, 0.15) is 5.82 Å². The van der Waals surface area contributed by atoms with Gasteiger partial charge in [0.25, 0.3) is 0 Å². The molecule has 7 nitrogen and oxygen atoms in total. The Morgan fingerprint density at radius 3 is 2.29 bits per heavy atom. The molecule has 148 valence electrons. The molecule has 0 bridgehead atoms. The van der Waals surface area contributed by atoms with Crippen molar-refractivity contribution in [3.05, 3.63) is 48.5 Å². The number of nitrogens with one attached hydrogen (secondary N) is 1. The molecule has 0 unspecified atom stereocenters. The Hall–Kier alpha value is -2.74. The minimum atomic E-state index is -3.29. The topological polar surface area (TPSA) is 89.8 Å². The molecule has 0 atom stereocenters. The van der Waals surface area contributed by atoms with Crippen LogP contribution in [0.4, 0.5) is 11.6 Å². The van der Waals surface area contributed by atoms with Gasteiger partial charge in [-0.05, 0) is 65.0 Å². The van der Waals surface area contributed by atoms with Crippen molar-refractivity contribution < 1.29 is 8.42 Å². The standard InChI is InChI=1S/C20H25N5O2S/c1-13(2)25-15(5)22-12-19(25)18-10-11-21-20(24-18)23-16-6-8-17(9-7-16)28(26,27)14(3)4/h6-14H,1-5H3,(H,21,23,24). The van der Waals surface area contributed by atoms with Gasteiger partial charge in [-0.15, -0.1) is 0 Å². The highest BCUT2D eigenvalue weighted by atomic mass is 32.2. The third-order valence-corrected chi connectivity index (χ3v) is 6.65. The van der Waals surface area contributed by atoms with E-state index in [1.807, 2.05) is 19.2 Å². The first-order chi connectivity index (χ1) is 13.2. The number of benzene rings is 1. The fourth-order valence-electron chi connectivity index (χ4n) is 2.99. The molecule has 8 heteroatoms. The Kier molecular flexibility index (Phi) is 5.51.